The van der Waals surface area contributed by atoms with E-state index in [2.05, 4.69) is 15.9 Å². The number of carbonyl (C=O) groups is 1. The predicted molar refractivity (Wildman–Crippen MR) is 84.0 cm³/mol. The number of hydrogen-bond acceptors (Lipinski definition) is 2. The van der Waals surface area contributed by atoms with Crippen molar-refractivity contribution in [2.75, 3.05) is 13.1 Å². The molecule has 4 heteroatoms. The fourth-order valence-corrected chi connectivity index (χ4v) is 3.31. The molecular formula is C16H22BrNO2. The zero-order valence-corrected chi connectivity index (χ0v) is 14.4. The number of hydrogen-bond donors (Lipinski definition) is 0. The Labute approximate surface area is 129 Å². The number of nitrogens with zero attached hydrogens (tertiary/aromatic N) is 1. The summed E-state index contributed by atoms with van der Waals surface area (Å²) in [6.07, 6.45) is 0. The third-order valence-corrected chi connectivity index (χ3v) is 4.34. The highest BCUT2D eigenvalue weighted by Crippen LogP contribution is 2.30. The minimum absolute atomic E-state index is 0.0771. The standard InChI is InChI=1S/C16H22BrNO2/c1-11-12(7-6-8-13(11)17)14(19)18-9-15(2,3)20-16(4,5)10-18/h6-8H,9-10H2,1-5H3. The predicted octanol–water partition coefficient (Wildman–Crippen LogP) is 3.79. The van der Waals surface area contributed by atoms with Gasteiger partial charge < -0.3 is 9.64 Å². The van der Waals surface area contributed by atoms with Crippen molar-refractivity contribution in [2.45, 2.75) is 45.8 Å². The van der Waals surface area contributed by atoms with Crippen molar-refractivity contribution < 1.29 is 9.53 Å². The Bertz CT molecular complexity index is 521. The van der Waals surface area contributed by atoms with Crippen LogP contribution in [0.2, 0.25) is 0 Å². The van der Waals surface area contributed by atoms with Crippen LogP contribution in [-0.4, -0.2) is 35.1 Å². The molecule has 1 aliphatic heterocycles. The topological polar surface area (TPSA) is 29.5 Å². The summed E-state index contributed by atoms with van der Waals surface area (Å²) in [5.41, 5.74) is 1.10. The Hall–Kier alpha value is -0.870. The fraction of sp³-hybridized carbons (Fsp3) is 0.562. The van der Waals surface area contributed by atoms with E-state index in [4.69, 9.17) is 4.74 Å². The molecule has 3 nitrogen and oxygen atoms in total. The molecule has 1 saturated heterocycles. The Morgan fingerprint density at radius 3 is 2.30 bits per heavy atom. The zero-order valence-electron chi connectivity index (χ0n) is 12.8. The zero-order chi connectivity index (χ0) is 15.1. The number of halogens is 1. The molecule has 0 radical (unpaired) electrons. The average molecular weight is 340 g/mol. The van der Waals surface area contributed by atoms with Crippen LogP contribution >= 0.6 is 15.9 Å². The molecule has 1 heterocycles. The van der Waals surface area contributed by atoms with Crippen LogP contribution in [0.15, 0.2) is 22.7 Å². The number of ether oxygens (including phenoxy) is 1. The molecule has 0 aliphatic carbocycles. The maximum atomic E-state index is 12.8. The molecule has 2 rings (SSSR count). The van der Waals surface area contributed by atoms with Crippen molar-refractivity contribution in [3.05, 3.63) is 33.8 Å². The van der Waals surface area contributed by atoms with E-state index in [1.54, 1.807) is 0 Å². The molecule has 0 atom stereocenters. The smallest absolute Gasteiger partial charge is 0.254 e. The van der Waals surface area contributed by atoms with E-state index in [1.165, 1.54) is 0 Å². The number of morpholine rings is 1. The SMILES string of the molecule is Cc1c(Br)cccc1C(=O)N1CC(C)(C)OC(C)(C)C1. The highest BCUT2D eigenvalue weighted by atomic mass is 79.9. The molecule has 1 amide bonds. The van der Waals surface area contributed by atoms with Gasteiger partial charge in [-0.3, -0.25) is 4.79 Å². The van der Waals surface area contributed by atoms with Crippen molar-refractivity contribution in [1.29, 1.82) is 0 Å². The summed E-state index contributed by atoms with van der Waals surface area (Å²) in [6, 6.07) is 5.75. The molecule has 1 aromatic rings. The summed E-state index contributed by atoms with van der Waals surface area (Å²) in [7, 11) is 0. The highest BCUT2D eigenvalue weighted by Gasteiger charge is 2.40. The van der Waals surface area contributed by atoms with Gasteiger partial charge in [-0.1, -0.05) is 22.0 Å². The van der Waals surface area contributed by atoms with E-state index in [9.17, 15) is 4.79 Å². The second kappa shape index (κ2) is 5.15. The van der Waals surface area contributed by atoms with Gasteiger partial charge in [0.1, 0.15) is 0 Å². The maximum Gasteiger partial charge on any atom is 0.254 e. The summed E-state index contributed by atoms with van der Waals surface area (Å²) >= 11 is 3.49. The summed E-state index contributed by atoms with van der Waals surface area (Å²) in [5, 5.41) is 0. The minimum Gasteiger partial charge on any atom is -0.366 e. The van der Waals surface area contributed by atoms with Crippen LogP contribution in [-0.2, 0) is 4.74 Å². The number of rotatable bonds is 1. The van der Waals surface area contributed by atoms with Gasteiger partial charge >= 0.3 is 0 Å². The van der Waals surface area contributed by atoms with Gasteiger partial charge in [-0.05, 0) is 52.3 Å². The number of carbonyl (C=O) groups excluding carboxylic acids is 1. The van der Waals surface area contributed by atoms with Gasteiger partial charge in [-0.25, -0.2) is 0 Å². The van der Waals surface area contributed by atoms with E-state index in [0.29, 0.717) is 13.1 Å². The Kier molecular flexibility index (Phi) is 4.00. The molecule has 0 unspecified atom stereocenters. The molecule has 0 N–H and O–H groups in total. The van der Waals surface area contributed by atoms with Crippen LogP contribution in [0, 0.1) is 6.92 Å². The molecule has 1 aliphatic rings. The monoisotopic (exact) mass is 339 g/mol. The van der Waals surface area contributed by atoms with Crippen molar-refractivity contribution in [1.82, 2.24) is 4.90 Å². The Morgan fingerprint density at radius 1 is 1.20 bits per heavy atom. The second-order valence-corrected chi connectivity index (χ2v) is 7.55. The Balaban J connectivity index is 2.31. The molecule has 0 saturated carbocycles. The van der Waals surface area contributed by atoms with Gasteiger partial charge in [0.2, 0.25) is 0 Å². The van der Waals surface area contributed by atoms with Crippen LogP contribution < -0.4 is 0 Å². The van der Waals surface area contributed by atoms with Gasteiger partial charge in [-0.15, -0.1) is 0 Å². The summed E-state index contributed by atoms with van der Waals surface area (Å²) in [4.78, 5) is 14.7. The summed E-state index contributed by atoms with van der Waals surface area (Å²) < 4.78 is 7.00. The first kappa shape index (κ1) is 15.5. The van der Waals surface area contributed by atoms with Crippen LogP contribution in [0.4, 0.5) is 0 Å². The average Bonchev–Trinajstić information content (AvgIpc) is 2.28. The second-order valence-electron chi connectivity index (χ2n) is 6.70. The fourth-order valence-electron chi connectivity index (χ4n) is 2.94. The quantitative estimate of drug-likeness (QED) is 0.779. The first-order valence-electron chi connectivity index (χ1n) is 6.86. The van der Waals surface area contributed by atoms with E-state index in [1.807, 2.05) is 57.7 Å². The lowest BCUT2D eigenvalue weighted by Crippen LogP contribution is -2.58. The largest absolute Gasteiger partial charge is 0.366 e. The minimum atomic E-state index is -0.322. The lowest BCUT2D eigenvalue weighted by atomic mass is 9.97. The third-order valence-electron chi connectivity index (χ3n) is 3.48. The molecule has 0 spiro atoms. The molecule has 20 heavy (non-hydrogen) atoms. The van der Waals surface area contributed by atoms with Crippen LogP contribution in [0.5, 0.6) is 0 Å². The van der Waals surface area contributed by atoms with Crippen LogP contribution in [0.25, 0.3) is 0 Å². The molecular weight excluding hydrogens is 318 g/mol. The number of amides is 1. The van der Waals surface area contributed by atoms with Gasteiger partial charge in [-0.2, -0.15) is 0 Å². The summed E-state index contributed by atoms with van der Waals surface area (Å²) in [5.74, 6) is 0.0771. The van der Waals surface area contributed by atoms with Crippen LogP contribution in [0.1, 0.15) is 43.6 Å². The van der Waals surface area contributed by atoms with Gasteiger partial charge in [0.05, 0.1) is 11.2 Å². The lowest BCUT2D eigenvalue weighted by Gasteiger charge is -2.47. The lowest BCUT2D eigenvalue weighted by molar-refractivity contribution is -0.171. The first-order valence-corrected chi connectivity index (χ1v) is 7.65. The van der Waals surface area contributed by atoms with Crippen LogP contribution in [0.3, 0.4) is 0 Å². The van der Waals surface area contributed by atoms with Gasteiger partial charge in [0.15, 0.2) is 0 Å². The molecule has 0 bridgehead atoms. The van der Waals surface area contributed by atoms with Gasteiger partial charge in [0, 0.05) is 23.1 Å². The first-order chi connectivity index (χ1) is 9.11. The van der Waals surface area contributed by atoms with Crippen molar-refractivity contribution in [2.24, 2.45) is 0 Å². The van der Waals surface area contributed by atoms with Crippen molar-refractivity contribution >= 4 is 21.8 Å². The highest BCUT2D eigenvalue weighted by molar-refractivity contribution is 9.10. The normalized spacial score (nSPS) is 20.8. The van der Waals surface area contributed by atoms with Crippen molar-refractivity contribution in [3.63, 3.8) is 0 Å². The van der Waals surface area contributed by atoms with Crippen molar-refractivity contribution in [3.8, 4) is 0 Å². The maximum absolute atomic E-state index is 12.8. The molecule has 1 fully saturated rings. The molecule has 0 aromatic heterocycles. The Morgan fingerprint density at radius 2 is 1.75 bits per heavy atom. The molecule has 1 aromatic carbocycles. The molecule has 110 valence electrons. The van der Waals surface area contributed by atoms with E-state index in [0.717, 1.165) is 15.6 Å². The van der Waals surface area contributed by atoms with Gasteiger partial charge in [0.25, 0.3) is 5.91 Å². The van der Waals surface area contributed by atoms with E-state index in [-0.39, 0.29) is 17.1 Å². The number of benzene rings is 1. The third kappa shape index (κ3) is 3.23. The van der Waals surface area contributed by atoms with E-state index >= 15 is 0 Å². The summed E-state index contributed by atoms with van der Waals surface area (Å²) in [6.45, 7) is 11.3. The van der Waals surface area contributed by atoms with E-state index < -0.39 is 0 Å².